The van der Waals surface area contributed by atoms with E-state index in [1.165, 1.54) is 19.3 Å². The van der Waals surface area contributed by atoms with Crippen molar-refractivity contribution < 1.29 is 9.90 Å². The number of piperazine rings is 1. The smallest absolute Gasteiger partial charge is 0.255 e. The summed E-state index contributed by atoms with van der Waals surface area (Å²) in [7, 11) is 3.74. The Labute approximate surface area is 217 Å². The van der Waals surface area contributed by atoms with Crippen molar-refractivity contribution in [1.82, 2.24) is 34.6 Å². The van der Waals surface area contributed by atoms with Crippen LogP contribution in [-0.4, -0.2) is 79.6 Å². The quantitative estimate of drug-likeness (QED) is 0.439. The van der Waals surface area contributed by atoms with Gasteiger partial charge in [-0.25, -0.2) is 9.97 Å². The van der Waals surface area contributed by atoms with E-state index >= 15 is 0 Å². The third-order valence-corrected chi connectivity index (χ3v) is 8.04. The summed E-state index contributed by atoms with van der Waals surface area (Å²) in [4.78, 5) is 30.7. The van der Waals surface area contributed by atoms with Crippen molar-refractivity contribution in [3.05, 3.63) is 41.9 Å². The van der Waals surface area contributed by atoms with Crippen LogP contribution in [0.15, 0.2) is 30.6 Å². The number of nitrogens with zero attached hydrogens (tertiary/aromatic N) is 6. The fourth-order valence-corrected chi connectivity index (χ4v) is 6.16. The summed E-state index contributed by atoms with van der Waals surface area (Å²) < 4.78 is 2.19. The van der Waals surface area contributed by atoms with Gasteiger partial charge < -0.3 is 25.2 Å². The van der Waals surface area contributed by atoms with E-state index in [2.05, 4.69) is 25.2 Å². The highest BCUT2D eigenvalue weighted by atomic mass is 16.3. The molecule has 3 fully saturated rings. The van der Waals surface area contributed by atoms with Gasteiger partial charge in [-0.1, -0.05) is 19.3 Å². The van der Waals surface area contributed by atoms with Crippen LogP contribution < -0.4 is 10.6 Å². The van der Waals surface area contributed by atoms with E-state index in [0.717, 1.165) is 55.5 Å². The summed E-state index contributed by atoms with van der Waals surface area (Å²) in [6, 6.07) is 6.74. The number of hydrogen-bond acceptors (Lipinski definition) is 8. The molecule has 2 aliphatic heterocycles. The van der Waals surface area contributed by atoms with E-state index in [0.29, 0.717) is 35.5 Å². The Kier molecular flexibility index (Phi) is 6.56. The molecule has 1 saturated carbocycles. The Hall–Kier alpha value is -3.08. The third-order valence-electron chi connectivity index (χ3n) is 8.04. The second-order valence-corrected chi connectivity index (χ2v) is 10.9. The maximum atomic E-state index is 13.1. The van der Waals surface area contributed by atoms with Gasteiger partial charge in [0, 0.05) is 49.0 Å². The molecule has 3 aliphatic rings. The Bertz CT molecular complexity index is 1260. The second-order valence-electron chi connectivity index (χ2n) is 10.9. The SMILES string of the molecule is CN(C)C(O)c1cc2cnc(Nc3ccc(C(=O)N4CC5CCCC(C4)N5)cn3)nc2n1C1CCCC1. The number of aromatic nitrogens is 4. The first-order valence-electron chi connectivity index (χ1n) is 13.5. The van der Waals surface area contributed by atoms with E-state index in [9.17, 15) is 9.90 Å². The van der Waals surface area contributed by atoms with E-state index in [-0.39, 0.29) is 5.91 Å². The first-order chi connectivity index (χ1) is 18.0. The van der Waals surface area contributed by atoms with Crippen LogP contribution in [0.1, 0.15) is 73.3 Å². The molecule has 196 valence electrons. The van der Waals surface area contributed by atoms with Gasteiger partial charge in [-0.05, 0) is 58.0 Å². The largest absolute Gasteiger partial charge is 0.373 e. The lowest BCUT2D eigenvalue weighted by Gasteiger charge is -2.42. The van der Waals surface area contributed by atoms with Crippen molar-refractivity contribution in [3.63, 3.8) is 0 Å². The number of pyridine rings is 1. The van der Waals surface area contributed by atoms with Gasteiger partial charge in [-0.2, -0.15) is 4.98 Å². The van der Waals surface area contributed by atoms with Crippen LogP contribution in [0.25, 0.3) is 11.0 Å². The van der Waals surface area contributed by atoms with Crippen LogP contribution in [0.4, 0.5) is 11.8 Å². The van der Waals surface area contributed by atoms with Crippen molar-refractivity contribution >= 4 is 28.7 Å². The highest BCUT2D eigenvalue weighted by Gasteiger charge is 2.32. The summed E-state index contributed by atoms with van der Waals surface area (Å²) in [6.45, 7) is 1.52. The summed E-state index contributed by atoms with van der Waals surface area (Å²) >= 11 is 0. The predicted octanol–water partition coefficient (Wildman–Crippen LogP) is 3.20. The summed E-state index contributed by atoms with van der Waals surface area (Å²) in [6.07, 6.45) is 10.7. The molecule has 6 rings (SSSR count). The van der Waals surface area contributed by atoms with Gasteiger partial charge in [0.15, 0.2) is 0 Å². The first kappa shape index (κ1) is 24.3. The lowest BCUT2D eigenvalue weighted by molar-refractivity contribution is 0.0319. The number of fused-ring (bicyclic) bond motifs is 3. The minimum atomic E-state index is -0.715. The van der Waals surface area contributed by atoms with Gasteiger partial charge >= 0.3 is 0 Å². The lowest BCUT2D eigenvalue weighted by Crippen LogP contribution is -2.59. The molecular formula is C27H36N8O2. The fourth-order valence-electron chi connectivity index (χ4n) is 6.16. The lowest BCUT2D eigenvalue weighted by atomic mass is 9.94. The Morgan fingerprint density at radius 2 is 1.84 bits per heavy atom. The van der Waals surface area contributed by atoms with Crippen molar-refractivity contribution in [2.45, 2.75) is 69.3 Å². The number of carbonyl (C=O) groups excluding carboxylic acids is 1. The number of aliphatic hydroxyl groups is 1. The number of likely N-dealkylation sites (tertiary alicyclic amines) is 1. The molecule has 10 nitrogen and oxygen atoms in total. The standard InChI is InChI=1S/C27H36N8O2/c1-33(2)26(37)22-12-18-14-29-27(32-24(18)35(22)21-8-3-4-9-21)31-23-11-10-17(13-28-23)25(36)34-15-19-6-5-7-20(16-34)30-19/h10-14,19-21,26,30,37H,3-9,15-16H2,1-2H3,(H,28,29,31,32). The van der Waals surface area contributed by atoms with Gasteiger partial charge in [0.25, 0.3) is 5.91 Å². The van der Waals surface area contributed by atoms with Crippen LogP contribution in [0.5, 0.6) is 0 Å². The van der Waals surface area contributed by atoms with Crippen LogP contribution in [0, 0.1) is 0 Å². The third kappa shape index (κ3) is 4.81. The molecule has 3 N–H and O–H groups in total. The molecule has 0 radical (unpaired) electrons. The first-order valence-corrected chi connectivity index (χ1v) is 13.5. The monoisotopic (exact) mass is 504 g/mol. The van der Waals surface area contributed by atoms with E-state index < -0.39 is 6.23 Å². The topological polar surface area (TPSA) is 111 Å². The summed E-state index contributed by atoms with van der Waals surface area (Å²) in [5, 5.41) is 18.6. The number of hydrogen-bond donors (Lipinski definition) is 3. The van der Waals surface area contributed by atoms with E-state index in [4.69, 9.17) is 4.98 Å². The highest BCUT2D eigenvalue weighted by Crippen LogP contribution is 2.36. The maximum Gasteiger partial charge on any atom is 0.255 e. The van der Waals surface area contributed by atoms with Crippen LogP contribution in [0.2, 0.25) is 0 Å². The molecule has 1 aliphatic carbocycles. The van der Waals surface area contributed by atoms with Gasteiger partial charge in [0.05, 0.1) is 11.3 Å². The molecule has 10 heteroatoms. The number of amides is 1. The number of nitrogens with one attached hydrogen (secondary N) is 2. The average molecular weight is 505 g/mol. The minimum Gasteiger partial charge on any atom is -0.373 e. The van der Waals surface area contributed by atoms with Crippen LogP contribution >= 0.6 is 0 Å². The fraction of sp³-hybridized carbons (Fsp3) is 0.556. The molecule has 37 heavy (non-hydrogen) atoms. The van der Waals surface area contributed by atoms with Crippen LogP contribution in [-0.2, 0) is 0 Å². The molecule has 0 spiro atoms. The Morgan fingerprint density at radius 1 is 1.08 bits per heavy atom. The molecule has 3 aromatic heterocycles. The molecule has 2 saturated heterocycles. The van der Waals surface area contributed by atoms with Crippen molar-refractivity contribution in [3.8, 4) is 0 Å². The minimum absolute atomic E-state index is 0.0384. The van der Waals surface area contributed by atoms with Gasteiger partial charge in [0.2, 0.25) is 5.95 Å². The van der Waals surface area contributed by atoms with Crippen molar-refractivity contribution in [2.75, 3.05) is 32.5 Å². The molecule has 5 heterocycles. The van der Waals surface area contributed by atoms with Crippen molar-refractivity contribution in [1.29, 1.82) is 0 Å². The van der Waals surface area contributed by atoms with E-state index in [1.807, 2.05) is 31.1 Å². The zero-order valence-electron chi connectivity index (χ0n) is 21.6. The molecule has 0 aromatic carbocycles. The normalized spacial score (nSPS) is 23.1. The molecule has 1 amide bonds. The Morgan fingerprint density at radius 3 is 2.51 bits per heavy atom. The number of piperidine rings is 1. The number of carbonyl (C=O) groups is 1. The van der Waals surface area contributed by atoms with E-state index in [1.54, 1.807) is 23.4 Å². The van der Waals surface area contributed by atoms with Crippen molar-refractivity contribution in [2.24, 2.45) is 0 Å². The summed E-state index contributed by atoms with van der Waals surface area (Å²) in [5.41, 5.74) is 2.26. The molecule has 3 unspecified atom stereocenters. The average Bonchev–Trinajstić information content (AvgIpc) is 3.55. The van der Waals surface area contributed by atoms with Gasteiger partial charge in [0.1, 0.15) is 17.7 Å². The molecule has 3 aromatic rings. The Balaban J connectivity index is 1.22. The maximum absolute atomic E-state index is 13.1. The number of anilines is 2. The highest BCUT2D eigenvalue weighted by molar-refractivity contribution is 5.94. The number of aliphatic hydroxyl groups excluding tert-OH is 1. The van der Waals surface area contributed by atoms with Gasteiger partial charge in [-0.15, -0.1) is 0 Å². The number of rotatable bonds is 6. The predicted molar refractivity (Wildman–Crippen MR) is 142 cm³/mol. The zero-order chi connectivity index (χ0) is 25.5. The molecule has 3 atom stereocenters. The molecule has 2 bridgehead atoms. The summed E-state index contributed by atoms with van der Waals surface area (Å²) in [5.74, 6) is 1.06. The zero-order valence-corrected chi connectivity index (χ0v) is 21.6. The van der Waals surface area contributed by atoms with Gasteiger partial charge in [-0.3, -0.25) is 9.69 Å². The second kappa shape index (κ2) is 10.00. The molecular weight excluding hydrogens is 468 g/mol. The van der Waals surface area contributed by atoms with Crippen LogP contribution in [0.3, 0.4) is 0 Å².